The summed E-state index contributed by atoms with van der Waals surface area (Å²) >= 11 is 0. The summed E-state index contributed by atoms with van der Waals surface area (Å²) in [5.41, 5.74) is 2.15. The zero-order valence-corrected chi connectivity index (χ0v) is 15.2. The van der Waals surface area contributed by atoms with Crippen molar-refractivity contribution in [3.63, 3.8) is 0 Å². The van der Waals surface area contributed by atoms with E-state index in [1.807, 2.05) is 50.6 Å². The predicted octanol–water partition coefficient (Wildman–Crippen LogP) is 1.76. The summed E-state index contributed by atoms with van der Waals surface area (Å²) in [5, 5.41) is 0. The van der Waals surface area contributed by atoms with Crippen LogP contribution in [0.4, 0.5) is 0 Å². The van der Waals surface area contributed by atoms with Crippen LogP contribution in [0.2, 0.25) is 0 Å². The number of imidazole rings is 1. The average molecular weight is 342 g/mol. The molecule has 0 saturated carbocycles. The van der Waals surface area contributed by atoms with Crippen LogP contribution in [0.1, 0.15) is 23.0 Å². The maximum absolute atomic E-state index is 12.5. The van der Waals surface area contributed by atoms with E-state index >= 15 is 0 Å². The molecule has 0 aliphatic carbocycles. The minimum absolute atomic E-state index is 0.188. The molecule has 0 amide bonds. The molecule has 25 heavy (non-hydrogen) atoms. The van der Waals surface area contributed by atoms with Crippen LogP contribution in [0.25, 0.3) is 0 Å². The van der Waals surface area contributed by atoms with Crippen LogP contribution in [0.3, 0.4) is 0 Å². The molecule has 1 aliphatic heterocycles. The molecule has 6 nitrogen and oxygen atoms in total. The lowest BCUT2D eigenvalue weighted by Gasteiger charge is -2.38. The van der Waals surface area contributed by atoms with Crippen molar-refractivity contribution >= 4 is 5.97 Å². The molecule has 3 rings (SSSR count). The van der Waals surface area contributed by atoms with Gasteiger partial charge in [-0.1, -0.05) is 24.3 Å². The summed E-state index contributed by atoms with van der Waals surface area (Å²) in [7, 11) is 3.48. The van der Waals surface area contributed by atoms with E-state index in [4.69, 9.17) is 4.74 Å². The van der Waals surface area contributed by atoms with Gasteiger partial charge in [-0.05, 0) is 18.1 Å². The van der Waals surface area contributed by atoms with Gasteiger partial charge >= 0.3 is 5.97 Å². The maximum Gasteiger partial charge on any atom is 0.327 e. The van der Waals surface area contributed by atoms with Crippen LogP contribution in [-0.4, -0.2) is 58.6 Å². The van der Waals surface area contributed by atoms with Gasteiger partial charge in [0.2, 0.25) is 0 Å². The Morgan fingerprint density at radius 3 is 2.56 bits per heavy atom. The standard InChI is InChI=1S/C19H26N4O2/c1-15-6-4-5-7-16(15)18(19(24)25-3)23-12-10-22(11-13-23)14-17-20-8-9-21(17)2/h4-9,18H,10-14H2,1-3H3/t18-/m0/s1. The van der Waals surface area contributed by atoms with E-state index in [1.165, 1.54) is 7.11 Å². The number of aromatic nitrogens is 2. The first-order valence-electron chi connectivity index (χ1n) is 8.66. The topological polar surface area (TPSA) is 50.6 Å². The Bertz CT molecular complexity index is 720. The Labute approximate surface area is 149 Å². The van der Waals surface area contributed by atoms with Crippen LogP contribution >= 0.6 is 0 Å². The molecule has 0 bridgehead atoms. The van der Waals surface area contributed by atoms with Gasteiger partial charge in [0.25, 0.3) is 0 Å². The summed E-state index contributed by atoms with van der Waals surface area (Å²) in [6.45, 7) is 6.36. The highest BCUT2D eigenvalue weighted by molar-refractivity contribution is 5.78. The first-order chi connectivity index (χ1) is 12.1. The SMILES string of the molecule is COC(=O)[C@H](c1ccccc1C)N1CCN(Cc2nccn2C)CC1. The van der Waals surface area contributed by atoms with Crippen LogP contribution in [0.15, 0.2) is 36.7 Å². The van der Waals surface area contributed by atoms with Gasteiger partial charge in [-0.15, -0.1) is 0 Å². The van der Waals surface area contributed by atoms with Gasteiger partial charge in [-0.25, -0.2) is 9.78 Å². The highest BCUT2D eigenvalue weighted by Gasteiger charge is 2.32. The number of carbonyl (C=O) groups excluding carboxylic acids is 1. The Kier molecular flexibility index (Phi) is 5.50. The molecular formula is C19H26N4O2. The second kappa shape index (κ2) is 7.80. The van der Waals surface area contributed by atoms with Crippen molar-refractivity contribution in [3.05, 3.63) is 53.6 Å². The molecule has 1 fully saturated rings. The lowest BCUT2D eigenvalue weighted by atomic mass is 9.99. The fourth-order valence-corrected chi connectivity index (χ4v) is 3.41. The Balaban J connectivity index is 1.69. The minimum Gasteiger partial charge on any atom is -0.468 e. The van der Waals surface area contributed by atoms with Crippen molar-refractivity contribution in [1.82, 2.24) is 19.4 Å². The number of aryl methyl sites for hydroxylation is 2. The molecule has 1 atom stereocenters. The molecule has 0 spiro atoms. The monoisotopic (exact) mass is 342 g/mol. The van der Waals surface area contributed by atoms with Gasteiger partial charge < -0.3 is 9.30 Å². The molecule has 134 valence electrons. The molecular weight excluding hydrogens is 316 g/mol. The third-order valence-corrected chi connectivity index (χ3v) is 4.97. The number of hydrogen-bond acceptors (Lipinski definition) is 5. The number of rotatable bonds is 5. The average Bonchev–Trinajstić information content (AvgIpc) is 3.03. The fourth-order valence-electron chi connectivity index (χ4n) is 3.41. The molecule has 1 aromatic carbocycles. The third-order valence-electron chi connectivity index (χ3n) is 4.97. The lowest BCUT2D eigenvalue weighted by Crippen LogP contribution is -2.49. The lowest BCUT2D eigenvalue weighted by molar-refractivity contribution is -0.148. The van der Waals surface area contributed by atoms with Crippen LogP contribution in [0, 0.1) is 6.92 Å². The number of methoxy groups -OCH3 is 1. The van der Waals surface area contributed by atoms with E-state index in [9.17, 15) is 4.79 Å². The van der Waals surface area contributed by atoms with E-state index < -0.39 is 0 Å². The summed E-state index contributed by atoms with van der Waals surface area (Å²) < 4.78 is 7.15. The number of benzene rings is 1. The van der Waals surface area contributed by atoms with Gasteiger partial charge in [0.1, 0.15) is 11.9 Å². The second-order valence-corrected chi connectivity index (χ2v) is 6.55. The van der Waals surface area contributed by atoms with Crippen molar-refractivity contribution in [2.24, 2.45) is 7.05 Å². The molecule has 1 saturated heterocycles. The van der Waals surface area contributed by atoms with E-state index in [0.717, 1.165) is 49.7 Å². The number of ether oxygens (including phenoxy) is 1. The number of nitrogens with zero attached hydrogens (tertiary/aromatic N) is 4. The third kappa shape index (κ3) is 3.91. The van der Waals surface area contributed by atoms with Crippen molar-refractivity contribution in [3.8, 4) is 0 Å². The van der Waals surface area contributed by atoms with E-state index in [0.29, 0.717) is 0 Å². The van der Waals surface area contributed by atoms with Crippen LogP contribution in [-0.2, 0) is 23.1 Å². The van der Waals surface area contributed by atoms with Crippen molar-refractivity contribution in [1.29, 1.82) is 0 Å². The Morgan fingerprint density at radius 1 is 1.24 bits per heavy atom. The van der Waals surface area contributed by atoms with Crippen molar-refractivity contribution in [2.45, 2.75) is 19.5 Å². The van der Waals surface area contributed by atoms with Crippen molar-refractivity contribution < 1.29 is 9.53 Å². The minimum atomic E-state index is -0.332. The number of piperazine rings is 1. The zero-order chi connectivity index (χ0) is 17.8. The van der Waals surface area contributed by atoms with Crippen molar-refractivity contribution in [2.75, 3.05) is 33.3 Å². The second-order valence-electron chi connectivity index (χ2n) is 6.55. The largest absolute Gasteiger partial charge is 0.468 e. The van der Waals surface area contributed by atoms with Gasteiger partial charge in [-0.3, -0.25) is 9.80 Å². The van der Waals surface area contributed by atoms with E-state index in [-0.39, 0.29) is 12.0 Å². The summed E-state index contributed by atoms with van der Waals surface area (Å²) in [5.74, 6) is 0.878. The van der Waals surface area contributed by atoms with Crippen LogP contribution in [0.5, 0.6) is 0 Å². The molecule has 1 aliphatic rings. The zero-order valence-electron chi connectivity index (χ0n) is 15.2. The first kappa shape index (κ1) is 17.6. The van der Waals surface area contributed by atoms with Gasteiger partial charge in [0.15, 0.2) is 0 Å². The Morgan fingerprint density at radius 2 is 1.96 bits per heavy atom. The predicted molar refractivity (Wildman–Crippen MR) is 96.0 cm³/mol. The molecule has 2 aromatic rings. The normalized spacial score (nSPS) is 17.4. The maximum atomic E-state index is 12.5. The van der Waals surface area contributed by atoms with Gasteiger partial charge in [0, 0.05) is 45.6 Å². The van der Waals surface area contributed by atoms with Gasteiger partial charge in [-0.2, -0.15) is 0 Å². The quantitative estimate of drug-likeness (QED) is 0.775. The van der Waals surface area contributed by atoms with E-state index in [2.05, 4.69) is 19.4 Å². The van der Waals surface area contributed by atoms with E-state index in [1.54, 1.807) is 0 Å². The fraction of sp³-hybridized carbons (Fsp3) is 0.474. The molecule has 0 radical (unpaired) electrons. The highest BCUT2D eigenvalue weighted by atomic mass is 16.5. The van der Waals surface area contributed by atoms with Gasteiger partial charge in [0.05, 0.1) is 13.7 Å². The Hall–Kier alpha value is -2.18. The molecule has 0 N–H and O–H groups in total. The molecule has 1 aromatic heterocycles. The molecule has 6 heteroatoms. The highest BCUT2D eigenvalue weighted by Crippen LogP contribution is 2.26. The summed E-state index contributed by atoms with van der Waals surface area (Å²) in [6, 6.07) is 7.72. The molecule has 0 unspecified atom stereocenters. The molecule has 2 heterocycles. The number of esters is 1. The number of carbonyl (C=O) groups is 1. The summed E-state index contributed by atoms with van der Waals surface area (Å²) in [6.07, 6.45) is 3.80. The first-order valence-corrected chi connectivity index (χ1v) is 8.66. The van der Waals surface area contributed by atoms with Crippen LogP contribution < -0.4 is 0 Å². The smallest absolute Gasteiger partial charge is 0.327 e. The summed E-state index contributed by atoms with van der Waals surface area (Å²) in [4.78, 5) is 21.5. The number of hydrogen-bond donors (Lipinski definition) is 0.